The van der Waals surface area contributed by atoms with Crippen LogP contribution in [-0.4, -0.2) is 41.6 Å². The molecule has 168 valence electrons. The summed E-state index contributed by atoms with van der Waals surface area (Å²) >= 11 is 0. The molecular weight excluding hydrogens is 402 g/mol. The van der Waals surface area contributed by atoms with E-state index >= 15 is 0 Å². The molecule has 0 saturated heterocycles. The van der Waals surface area contributed by atoms with E-state index in [0.29, 0.717) is 12.1 Å². The van der Waals surface area contributed by atoms with Crippen molar-refractivity contribution < 1.29 is 14.3 Å². The molecule has 0 unspecified atom stereocenters. The van der Waals surface area contributed by atoms with E-state index in [9.17, 15) is 19.2 Å². The van der Waals surface area contributed by atoms with Gasteiger partial charge < -0.3 is 15.8 Å². The van der Waals surface area contributed by atoms with Crippen LogP contribution in [0.2, 0.25) is 0 Å². The van der Waals surface area contributed by atoms with Crippen molar-refractivity contribution in [3.05, 3.63) is 50.7 Å². The number of nitrogens with two attached hydrogens (primary N) is 1. The highest BCUT2D eigenvalue weighted by atomic mass is 16.5. The van der Waals surface area contributed by atoms with Crippen molar-refractivity contribution in [1.82, 2.24) is 9.55 Å². The number of benzene rings is 1. The Morgan fingerprint density at radius 1 is 1.29 bits per heavy atom. The van der Waals surface area contributed by atoms with Gasteiger partial charge in [-0.25, -0.2) is 4.79 Å². The monoisotopic (exact) mass is 431 g/mol. The van der Waals surface area contributed by atoms with Gasteiger partial charge in [0.25, 0.3) is 11.5 Å². The van der Waals surface area contributed by atoms with E-state index in [1.165, 1.54) is 22.6 Å². The number of carbonyl (C=O) groups is 2. The first kappa shape index (κ1) is 23.9. The van der Waals surface area contributed by atoms with Crippen LogP contribution in [0.3, 0.4) is 0 Å². The highest BCUT2D eigenvalue weighted by Gasteiger charge is 2.25. The van der Waals surface area contributed by atoms with Crippen molar-refractivity contribution in [2.45, 2.75) is 33.7 Å². The summed E-state index contributed by atoms with van der Waals surface area (Å²) in [7, 11) is 1.47. The number of carbonyl (C=O) groups excluding carboxylic acids is 2. The van der Waals surface area contributed by atoms with Crippen molar-refractivity contribution in [2.24, 2.45) is 5.92 Å². The summed E-state index contributed by atoms with van der Waals surface area (Å²) in [5.74, 6) is -0.720. The molecule has 4 N–H and O–H groups in total. The Bertz CT molecular complexity index is 1060. The molecule has 1 aromatic carbocycles. The zero-order chi connectivity index (χ0) is 23.1. The quantitative estimate of drug-likeness (QED) is 0.549. The normalized spacial score (nSPS) is 10.9. The summed E-state index contributed by atoms with van der Waals surface area (Å²) in [4.78, 5) is 53.4. The predicted molar refractivity (Wildman–Crippen MR) is 119 cm³/mol. The molecule has 0 aliphatic heterocycles. The van der Waals surface area contributed by atoms with Gasteiger partial charge in [0.2, 0.25) is 5.91 Å². The topological polar surface area (TPSA) is 140 Å². The van der Waals surface area contributed by atoms with Crippen LogP contribution in [0.15, 0.2) is 33.9 Å². The largest absolute Gasteiger partial charge is 0.383 e. The number of methoxy groups -OCH3 is 1. The second-order valence-electron chi connectivity index (χ2n) is 7.43. The molecule has 31 heavy (non-hydrogen) atoms. The number of aromatic nitrogens is 2. The summed E-state index contributed by atoms with van der Waals surface area (Å²) in [5.41, 5.74) is 5.37. The van der Waals surface area contributed by atoms with E-state index in [1.54, 1.807) is 25.1 Å². The van der Waals surface area contributed by atoms with Crippen LogP contribution in [0.25, 0.3) is 0 Å². The van der Waals surface area contributed by atoms with Gasteiger partial charge in [-0.1, -0.05) is 26.8 Å². The lowest BCUT2D eigenvalue weighted by atomic mass is 10.1. The van der Waals surface area contributed by atoms with E-state index in [1.807, 2.05) is 13.8 Å². The lowest BCUT2D eigenvalue weighted by Gasteiger charge is -2.25. The average Bonchev–Trinajstić information content (AvgIpc) is 2.72. The van der Waals surface area contributed by atoms with E-state index < -0.39 is 17.2 Å². The molecule has 0 fully saturated rings. The van der Waals surface area contributed by atoms with Crippen molar-refractivity contribution in [3.63, 3.8) is 0 Å². The Labute approximate surface area is 180 Å². The van der Waals surface area contributed by atoms with Crippen LogP contribution >= 0.6 is 0 Å². The second-order valence-corrected chi connectivity index (χ2v) is 7.43. The van der Waals surface area contributed by atoms with E-state index in [2.05, 4.69) is 10.3 Å². The lowest BCUT2D eigenvalue weighted by Crippen LogP contribution is -2.42. The number of aromatic amines is 1. The van der Waals surface area contributed by atoms with Crippen molar-refractivity contribution in [1.29, 1.82) is 0 Å². The maximum absolute atomic E-state index is 13.3. The maximum Gasteiger partial charge on any atom is 0.330 e. The second kappa shape index (κ2) is 10.6. The number of anilines is 3. The van der Waals surface area contributed by atoms with Gasteiger partial charge in [0.15, 0.2) is 5.69 Å². The number of amides is 2. The molecule has 2 rings (SSSR count). The van der Waals surface area contributed by atoms with Crippen LogP contribution in [-0.2, 0) is 16.1 Å². The fourth-order valence-corrected chi connectivity index (χ4v) is 3.02. The van der Waals surface area contributed by atoms with Gasteiger partial charge in [-0.05, 0) is 24.1 Å². The number of H-pyrrole nitrogens is 1. The molecule has 10 heteroatoms. The minimum Gasteiger partial charge on any atom is -0.383 e. The minimum absolute atomic E-state index is 0.0358. The molecule has 10 nitrogen and oxygen atoms in total. The first-order chi connectivity index (χ1) is 14.7. The third-order valence-electron chi connectivity index (χ3n) is 4.51. The fourth-order valence-electron chi connectivity index (χ4n) is 3.02. The molecule has 0 aliphatic rings. The van der Waals surface area contributed by atoms with Gasteiger partial charge in [0.1, 0.15) is 5.82 Å². The lowest BCUT2D eigenvalue weighted by molar-refractivity contribution is -0.115. The summed E-state index contributed by atoms with van der Waals surface area (Å²) in [6.45, 7) is 5.98. The summed E-state index contributed by atoms with van der Waals surface area (Å²) < 4.78 is 6.34. The van der Waals surface area contributed by atoms with Gasteiger partial charge in [-0.2, -0.15) is 0 Å². The van der Waals surface area contributed by atoms with E-state index in [0.717, 1.165) is 0 Å². The molecular formula is C21H29N5O5. The Morgan fingerprint density at radius 2 is 2.00 bits per heavy atom. The number of nitrogens with one attached hydrogen (secondary N) is 2. The molecule has 0 aliphatic carbocycles. The number of rotatable bonds is 9. The minimum atomic E-state index is -0.762. The first-order valence-electron chi connectivity index (χ1n) is 10.0. The molecule has 0 saturated carbocycles. The van der Waals surface area contributed by atoms with Crippen molar-refractivity contribution in [3.8, 4) is 0 Å². The van der Waals surface area contributed by atoms with E-state index in [-0.39, 0.29) is 48.6 Å². The Hall–Kier alpha value is -3.40. The van der Waals surface area contributed by atoms with Crippen LogP contribution in [0, 0.1) is 5.92 Å². The van der Waals surface area contributed by atoms with Crippen LogP contribution in [0.1, 0.15) is 37.6 Å². The number of ether oxygens (including phenoxy) is 1. The first-order valence-corrected chi connectivity index (χ1v) is 10.0. The Kier molecular flexibility index (Phi) is 8.14. The molecule has 1 heterocycles. The molecule has 0 radical (unpaired) electrons. The number of hydrogen-bond acceptors (Lipinski definition) is 6. The van der Waals surface area contributed by atoms with Crippen LogP contribution in [0.4, 0.5) is 17.2 Å². The van der Waals surface area contributed by atoms with E-state index in [4.69, 9.17) is 10.5 Å². The fraction of sp³-hybridized carbons (Fsp3) is 0.429. The zero-order valence-corrected chi connectivity index (χ0v) is 18.2. The predicted octanol–water partition coefficient (Wildman–Crippen LogP) is 1.42. The highest BCUT2D eigenvalue weighted by Crippen LogP contribution is 2.21. The Balaban J connectivity index is 2.55. The third-order valence-corrected chi connectivity index (χ3v) is 4.51. The standard InChI is InChI=1S/C21H29N5O5/c1-5-16(27)23-15-8-6-7-14(11-15)20(29)25(9-10-31-4)17-18(22)26(12-13(2)3)21(30)24-19(17)28/h6-8,11,13H,5,9-10,12,22H2,1-4H3,(H,23,27)(H,24,28,30). The van der Waals surface area contributed by atoms with Gasteiger partial charge in [-0.3, -0.25) is 28.8 Å². The molecule has 1 aromatic heterocycles. The van der Waals surface area contributed by atoms with Crippen molar-refractivity contribution in [2.75, 3.05) is 36.2 Å². The smallest absolute Gasteiger partial charge is 0.330 e. The number of hydrogen-bond donors (Lipinski definition) is 3. The molecule has 0 bridgehead atoms. The summed E-state index contributed by atoms with van der Waals surface area (Å²) in [5, 5.41) is 2.70. The number of nitrogen functional groups attached to an aromatic ring is 1. The third kappa shape index (κ3) is 5.82. The van der Waals surface area contributed by atoms with Crippen LogP contribution < -0.4 is 27.2 Å². The van der Waals surface area contributed by atoms with Gasteiger partial charge in [-0.15, -0.1) is 0 Å². The highest BCUT2D eigenvalue weighted by molar-refractivity contribution is 6.08. The van der Waals surface area contributed by atoms with Gasteiger partial charge in [0.05, 0.1) is 6.61 Å². The van der Waals surface area contributed by atoms with Gasteiger partial charge >= 0.3 is 5.69 Å². The Morgan fingerprint density at radius 3 is 2.61 bits per heavy atom. The van der Waals surface area contributed by atoms with Crippen molar-refractivity contribution >= 4 is 29.0 Å². The number of nitrogens with zero attached hydrogens (tertiary/aromatic N) is 2. The molecule has 0 spiro atoms. The zero-order valence-electron chi connectivity index (χ0n) is 18.2. The SMILES string of the molecule is CCC(=O)Nc1cccc(C(=O)N(CCOC)c2c(N)n(CC(C)C)c(=O)[nH]c2=O)c1. The summed E-state index contributed by atoms with van der Waals surface area (Å²) in [6, 6.07) is 6.37. The average molecular weight is 431 g/mol. The molecule has 0 atom stereocenters. The van der Waals surface area contributed by atoms with Crippen LogP contribution in [0.5, 0.6) is 0 Å². The molecule has 2 aromatic rings. The summed E-state index contributed by atoms with van der Waals surface area (Å²) in [6.07, 6.45) is 0.293. The molecule has 2 amide bonds. The van der Waals surface area contributed by atoms with Gasteiger partial charge in [0, 0.05) is 37.9 Å². The maximum atomic E-state index is 13.3.